The summed E-state index contributed by atoms with van der Waals surface area (Å²) in [5, 5.41) is 3.75. The lowest BCUT2D eigenvalue weighted by molar-refractivity contribution is -0.119. The Morgan fingerprint density at radius 3 is 2.33 bits per heavy atom. The second kappa shape index (κ2) is 9.22. The van der Waals surface area contributed by atoms with Gasteiger partial charge in [0.15, 0.2) is 10.9 Å². The van der Waals surface area contributed by atoms with Crippen LogP contribution in [0.2, 0.25) is 0 Å². The number of imidazole rings is 1. The third-order valence-corrected chi connectivity index (χ3v) is 5.43. The minimum atomic E-state index is -0.0736. The van der Waals surface area contributed by atoms with Crippen LogP contribution in [0.15, 0.2) is 29.4 Å². The highest BCUT2D eigenvalue weighted by molar-refractivity contribution is 7.99. The van der Waals surface area contributed by atoms with E-state index in [4.69, 9.17) is 0 Å². The van der Waals surface area contributed by atoms with Crippen molar-refractivity contribution in [3.8, 4) is 0 Å². The lowest BCUT2D eigenvalue weighted by Crippen LogP contribution is -2.23. The average Bonchev–Trinajstić information content (AvgIpc) is 2.86. The first-order chi connectivity index (χ1) is 12.7. The van der Waals surface area contributed by atoms with Crippen molar-refractivity contribution in [3.63, 3.8) is 0 Å². The highest BCUT2D eigenvalue weighted by atomic mass is 32.2. The number of amides is 1. The van der Waals surface area contributed by atoms with Crippen molar-refractivity contribution in [2.45, 2.75) is 59.3 Å². The summed E-state index contributed by atoms with van der Waals surface area (Å²) >= 11 is 1.49. The van der Waals surface area contributed by atoms with Gasteiger partial charge in [-0.25, -0.2) is 4.98 Å². The second-order valence-corrected chi connectivity index (χ2v) is 8.27. The lowest BCUT2D eigenvalue weighted by Gasteiger charge is -2.13. The van der Waals surface area contributed by atoms with Gasteiger partial charge in [-0.3, -0.25) is 9.59 Å². The van der Waals surface area contributed by atoms with Crippen LogP contribution in [0.4, 0.5) is 0 Å². The van der Waals surface area contributed by atoms with Gasteiger partial charge in [0.05, 0.1) is 17.5 Å². The van der Waals surface area contributed by atoms with Gasteiger partial charge < -0.3 is 9.88 Å². The topological polar surface area (TPSA) is 64.0 Å². The van der Waals surface area contributed by atoms with Crippen LogP contribution in [-0.4, -0.2) is 27.0 Å². The smallest absolute Gasteiger partial charge is 0.217 e. The number of Topliss-reactive ketones (excluding diaryl/α,β-unsaturated/α-hetero) is 1. The van der Waals surface area contributed by atoms with Crippen molar-refractivity contribution in [1.29, 1.82) is 0 Å². The number of hydrogen-bond acceptors (Lipinski definition) is 4. The van der Waals surface area contributed by atoms with E-state index in [1.54, 1.807) is 0 Å². The molecule has 1 heterocycles. The van der Waals surface area contributed by atoms with Gasteiger partial charge in [0.2, 0.25) is 5.91 Å². The van der Waals surface area contributed by atoms with Gasteiger partial charge in [-0.15, -0.1) is 0 Å². The molecule has 0 aliphatic rings. The van der Waals surface area contributed by atoms with E-state index >= 15 is 0 Å². The molecular formula is C21H29N3O2S. The molecule has 0 spiro atoms. The molecule has 1 atom stereocenters. The van der Waals surface area contributed by atoms with Crippen LogP contribution in [0.1, 0.15) is 61.0 Å². The third-order valence-electron chi connectivity index (χ3n) is 4.46. The Bertz CT molecular complexity index is 810. The fourth-order valence-electron chi connectivity index (χ4n) is 2.87. The number of hydrogen-bond donors (Lipinski definition) is 1. The molecule has 2 aromatic rings. The van der Waals surface area contributed by atoms with Crippen LogP contribution in [0.3, 0.4) is 0 Å². The van der Waals surface area contributed by atoms with Crippen molar-refractivity contribution < 1.29 is 9.59 Å². The molecule has 0 unspecified atom stereocenters. The summed E-state index contributed by atoms with van der Waals surface area (Å²) in [7, 11) is 0. The Morgan fingerprint density at radius 1 is 1.15 bits per heavy atom. The lowest BCUT2D eigenvalue weighted by atomic mass is 10.0. The molecule has 1 aromatic carbocycles. The highest BCUT2D eigenvalue weighted by Crippen LogP contribution is 2.24. The number of carbonyl (C=O) groups excluding carboxylic acids is 2. The molecule has 0 aliphatic heterocycles. The Kier molecular flexibility index (Phi) is 7.25. The monoisotopic (exact) mass is 387 g/mol. The van der Waals surface area contributed by atoms with Crippen molar-refractivity contribution in [2.24, 2.45) is 5.92 Å². The van der Waals surface area contributed by atoms with Gasteiger partial charge in [0, 0.05) is 24.7 Å². The number of aromatic nitrogens is 2. The molecule has 6 heteroatoms. The molecule has 1 N–H and O–H groups in total. The number of benzene rings is 1. The van der Waals surface area contributed by atoms with Crippen molar-refractivity contribution in [3.05, 3.63) is 46.8 Å². The van der Waals surface area contributed by atoms with E-state index in [1.165, 1.54) is 18.7 Å². The molecule has 0 saturated carbocycles. The summed E-state index contributed by atoms with van der Waals surface area (Å²) in [6.07, 6.45) is 0. The first-order valence-corrected chi connectivity index (χ1v) is 10.2. The zero-order valence-electron chi connectivity index (χ0n) is 17.0. The molecule has 27 heavy (non-hydrogen) atoms. The third kappa shape index (κ3) is 5.70. The maximum Gasteiger partial charge on any atom is 0.217 e. The van der Waals surface area contributed by atoms with Crippen molar-refractivity contribution in [1.82, 2.24) is 14.9 Å². The molecular weight excluding hydrogens is 358 g/mol. The van der Waals surface area contributed by atoms with Crippen LogP contribution in [0.5, 0.6) is 0 Å². The van der Waals surface area contributed by atoms with Crippen LogP contribution >= 0.6 is 11.8 Å². The Hall–Kier alpha value is -2.08. The standard InChI is InChI=1S/C21H29N3O2S/c1-13(2)11-24-16(5)14(3)23-21(24)27-12-20(26)19-9-7-18(8-10-19)15(4)22-17(6)25/h7-10,13,15H,11-12H2,1-6H3,(H,22,25)/t15-/m0/s1. The zero-order chi connectivity index (χ0) is 20.1. The van der Waals surface area contributed by atoms with Gasteiger partial charge in [-0.1, -0.05) is 49.9 Å². The molecule has 1 amide bonds. The highest BCUT2D eigenvalue weighted by Gasteiger charge is 2.15. The van der Waals surface area contributed by atoms with E-state index in [-0.39, 0.29) is 17.7 Å². The van der Waals surface area contributed by atoms with Crippen molar-refractivity contribution in [2.75, 3.05) is 5.75 Å². The van der Waals surface area contributed by atoms with E-state index in [0.29, 0.717) is 17.2 Å². The molecule has 146 valence electrons. The van der Waals surface area contributed by atoms with Crippen molar-refractivity contribution >= 4 is 23.5 Å². The minimum absolute atomic E-state index is 0.0680. The first kappa shape index (κ1) is 21.2. The number of carbonyl (C=O) groups is 2. The Balaban J connectivity index is 2.04. The van der Waals surface area contributed by atoms with Crippen LogP contribution in [-0.2, 0) is 11.3 Å². The summed E-state index contributed by atoms with van der Waals surface area (Å²) in [6.45, 7) is 12.8. The number of aryl methyl sites for hydroxylation is 1. The normalized spacial score (nSPS) is 12.3. The minimum Gasteiger partial charge on any atom is -0.350 e. The second-order valence-electron chi connectivity index (χ2n) is 7.33. The first-order valence-electron chi connectivity index (χ1n) is 9.25. The summed E-state index contributed by atoms with van der Waals surface area (Å²) in [5.41, 5.74) is 3.83. The number of thioether (sulfide) groups is 1. The number of rotatable bonds is 8. The summed E-state index contributed by atoms with van der Waals surface area (Å²) in [6, 6.07) is 7.37. The summed E-state index contributed by atoms with van der Waals surface area (Å²) in [5.74, 6) is 0.884. The van der Waals surface area contributed by atoms with Crippen LogP contribution in [0, 0.1) is 19.8 Å². The molecule has 5 nitrogen and oxygen atoms in total. The van der Waals surface area contributed by atoms with E-state index in [0.717, 1.165) is 28.7 Å². The van der Waals surface area contributed by atoms with Gasteiger partial charge in [0.1, 0.15) is 0 Å². The van der Waals surface area contributed by atoms with E-state index in [2.05, 4.69) is 35.6 Å². The average molecular weight is 388 g/mol. The van der Waals surface area contributed by atoms with E-state index in [1.807, 2.05) is 38.1 Å². The number of nitrogens with zero attached hydrogens (tertiary/aromatic N) is 2. The van der Waals surface area contributed by atoms with Crippen LogP contribution in [0.25, 0.3) is 0 Å². The van der Waals surface area contributed by atoms with Gasteiger partial charge in [0.25, 0.3) is 0 Å². The fourth-order valence-corrected chi connectivity index (χ4v) is 3.87. The number of nitrogens with one attached hydrogen (secondary N) is 1. The van der Waals surface area contributed by atoms with E-state index in [9.17, 15) is 9.59 Å². The molecule has 0 aliphatic carbocycles. The van der Waals surface area contributed by atoms with Gasteiger partial charge >= 0.3 is 0 Å². The molecule has 0 saturated heterocycles. The zero-order valence-corrected chi connectivity index (χ0v) is 17.8. The van der Waals surface area contributed by atoms with Gasteiger partial charge in [-0.05, 0) is 32.3 Å². The summed E-state index contributed by atoms with van der Waals surface area (Å²) in [4.78, 5) is 28.4. The molecule has 0 bridgehead atoms. The maximum atomic E-state index is 12.6. The predicted octanol–water partition coefficient (Wildman–Crippen LogP) is 4.33. The Morgan fingerprint density at radius 2 is 1.78 bits per heavy atom. The number of ketones is 1. The largest absolute Gasteiger partial charge is 0.350 e. The maximum absolute atomic E-state index is 12.6. The SMILES string of the molecule is CC(=O)N[C@@H](C)c1ccc(C(=O)CSc2nc(C)c(C)n2CC(C)C)cc1. The molecule has 1 aromatic heterocycles. The Labute approximate surface area is 166 Å². The van der Waals surface area contributed by atoms with Crippen LogP contribution < -0.4 is 5.32 Å². The fraction of sp³-hybridized carbons (Fsp3) is 0.476. The molecule has 2 rings (SSSR count). The quantitative estimate of drug-likeness (QED) is 0.541. The molecule has 0 radical (unpaired) electrons. The summed E-state index contributed by atoms with van der Waals surface area (Å²) < 4.78 is 2.20. The van der Waals surface area contributed by atoms with Gasteiger partial charge in [-0.2, -0.15) is 0 Å². The predicted molar refractivity (Wildman–Crippen MR) is 110 cm³/mol. The van der Waals surface area contributed by atoms with E-state index < -0.39 is 0 Å². The molecule has 0 fully saturated rings.